The van der Waals surface area contributed by atoms with E-state index in [9.17, 15) is 0 Å². The zero-order chi connectivity index (χ0) is 12.9. The van der Waals surface area contributed by atoms with Crippen molar-refractivity contribution in [1.82, 2.24) is 9.97 Å². The average molecular weight is 255 g/mol. The van der Waals surface area contributed by atoms with Crippen molar-refractivity contribution in [2.75, 3.05) is 31.2 Å². The highest BCUT2D eigenvalue weighted by atomic mass is 16.5. The molecule has 0 atom stereocenters. The summed E-state index contributed by atoms with van der Waals surface area (Å²) in [5.41, 5.74) is 1.24. The van der Waals surface area contributed by atoms with E-state index >= 15 is 0 Å². The summed E-state index contributed by atoms with van der Waals surface area (Å²) in [4.78, 5) is 11.3. The Labute approximate surface area is 113 Å². The summed E-state index contributed by atoms with van der Waals surface area (Å²) < 4.78 is 5.36. The van der Waals surface area contributed by atoms with Gasteiger partial charge in [-0.25, -0.2) is 9.97 Å². The lowest BCUT2D eigenvalue weighted by Crippen LogP contribution is -2.36. The van der Waals surface area contributed by atoms with Gasteiger partial charge in [-0.2, -0.15) is 0 Å². The third-order valence-corrected chi connectivity index (χ3v) is 3.23. The highest BCUT2D eigenvalue weighted by molar-refractivity contribution is 5.38. The van der Waals surface area contributed by atoms with Gasteiger partial charge in [-0.05, 0) is 11.6 Å². The van der Waals surface area contributed by atoms with E-state index in [-0.39, 0.29) is 0 Å². The molecule has 1 aliphatic heterocycles. The molecule has 0 saturated carbocycles. The molecule has 1 aromatic heterocycles. The van der Waals surface area contributed by atoms with Crippen LogP contribution in [0.2, 0.25) is 0 Å². The minimum Gasteiger partial charge on any atom is -0.378 e. The van der Waals surface area contributed by atoms with Gasteiger partial charge in [0.2, 0.25) is 0 Å². The van der Waals surface area contributed by atoms with E-state index in [1.165, 1.54) is 5.56 Å². The van der Waals surface area contributed by atoms with E-state index in [0.29, 0.717) is 0 Å². The van der Waals surface area contributed by atoms with E-state index in [0.717, 1.165) is 44.4 Å². The van der Waals surface area contributed by atoms with Gasteiger partial charge in [0.25, 0.3) is 0 Å². The number of hydrogen-bond acceptors (Lipinski definition) is 4. The molecule has 19 heavy (non-hydrogen) atoms. The van der Waals surface area contributed by atoms with E-state index in [1.807, 2.05) is 30.5 Å². The van der Waals surface area contributed by atoms with E-state index in [1.54, 1.807) is 0 Å². The van der Waals surface area contributed by atoms with Gasteiger partial charge in [-0.1, -0.05) is 30.3 Å². The lowest BCUT2D eigenvalue weighted by molar-refractivity contribution is 0.122. The van der Waals surface area contributed by atoms with Gasteiger partial charge in [0.1, 0.15) is 11.6 Å². The van der Waals surface area contributed by atoms with Crippen molar-refractivity contribution in [2.45, 2.75) is 6.42 Å². The molecule has 2 aromatic rings. The van der Waals surface area contributed by atoms with Gasteiger partial charge in [0, 0.05) is 25.7 Å². The van der Waals surface area contributed by atoms with Gasteiger partial charge in [-0.3, -0.25) is 0 Å². The second-order valence-electron chi connectivity index (χ2n) is 4.59. The molecule has 2 heterocycles. The average Bonchev–Trinajstić information content (AvgIpc) is 2.49. The molecule has 3 rings (SSSR count). The number of ether oxygens (including phenoxy) is 1. The minimum atomic E-state index is 0.776. The number of hydrogen-bond donors (Lipinski definition) is 0. The van der Waals surface area contributed by atoms with Crippen LogP contribution in [0, 0.1) is 0 Å². The molecule has 1 saturated heterocycles. The Morgan fingerprint density at radius 2 is 1.84 bits per heavy atom. The minimum absolute atomic E-state index is 0.776. The maximum absolute atomic E-state index is 5.36. The number of rotatable bonds is 3. The summed E-state index contributed by atoms with van der Waals surface area (Å²) in [5, 5.41) is 0. The first-order valence-electron chi connectivity index (χ1n) is 6.60. The molecule has 0 radical (unpaired) electrons. The summed E-state index contributed by atoms with van der Waals surface area (Å²) in [7, 11) is 0. The fraction of sp³-hybridized carbons (Fsp3) is 0.333. The standard InChI is InChI=1S/C15H17N3O/c1-2-4-13(5-3-1)12-14-16-7-6-15(17-14)18-8-10-19-11-9-18/h1-7H,8-12H2. The number of aromatic nitrogens is 2. The van der Waals surface area contributed by atoms with Crippen LogP contribution in [0.15, 0.2) is 42.6 Å². The van der Waals surface area contributed by atoms with Crippen LogP contribution < -0.4 is 4.90 Å². The molecule has 98 valence electrons. The first kappa shape index (κ1) is 12.1. The Balaban J connectivity index is 1.76. The lowest BCUT2D eigenvalue weighted by Gasteiger charge is -2.27. The fourth-order valence-electron chi connectivity index (χ4n) is 2.22. The quantitative estimate of drug-likeness (QED) is 0.839. The molecule has 0 aliphatic carbocycles. The van der Waals surface area contributed by atoms with Gasteiger partial charge in [0.15, 0.2) is 0 Å². The van der Waals surface area contributed by atoms with Crippen LogP contribution in [0.4, 0.5) is 5.82 Å². The van der Waals surface area contributed by atoms with E-state index < -0.39 is 0 Å². The molecule has 0 unspecified atom stereocenters. The van der Waals surface area contributed by atoms with Crippen LogP contribution in [0.1, 0.15) is 11.4 Å². The van der Waals surface area contributed by atoms with Crippen molar-refractivity contribution in [3.63, 3.8) is 0 Å². The number of benzene rings is 1. The van der Waals surface area contributed by atoms with Crippen molar-refractivity contribution < 1.29 is 4.74 Å². The predicted molar refractivity (Wildman–Crippen MR) is 74.3 cm³/mol. The van der Waals surface area contributed by atoms with Crippen LogP contribution in [-0.4, -0.2) is 36.3 Å². The summed E-state index contributed by atoms with van der Waals surface area (Å²) in [6, 6.07) is 12.3. The zero-order valence-corrected chi connectivity index (χ0v) is 10.8. The SMILES string of the molecule is c1ccc(Cc2nccc(N3CCOCC3)n2)cc1. The van der Waals surface area contributed by atoms with Crippen LogP contribution in [-0.2, 0) is 11.2 Å². The second-order valence-corrected chi connectivity index (χ2v) is 4.59. The van der Waals surface area contributed by atoms with Crippen LogP contribution in [0.3, 0.4) is 0 Å². The molecule has 1 fully saturated rings. The molecular formula is C15H17N3O. The van der Waals surface area contributed by atoms with Gasteiger partial charge < -0.3 is 9.64 Å². The number of morpholine rings is 1. The first-order chi connectivity index (χ1) is 9.42. The third-order valence-electron chi connectivity index (χ3n) is 3.23. The van der Waals surface area contributed by atoms with Crippen molar-refractivity contribution >= 4 is 5.82 Å². The van der Waals surface area contributed by atoms with Crippen molar-refractivity contribution in [1.29, 1.82) is 0 Å². The Kier molecular flexibility index (Phi) is 3.70. The van der Waals surface area contributed by atoms with Crippen LogP contribution in [0.5, 0.6) is 0 Å². The van der Waals surface area contributed by atoms with Crippen molar-refractivity contribution in [2.24, 2.45) is 0 Å². The molecule has 4 heteroatoms. The molecule has 1 aliphatic rings. The Bertz CT molecular complexity index is 524. The lowest BCUT2D eigenvalue weighted by atomic mass is 10.1. The number of nitrogens with zero attached hydrogens (tertiary/aromatic N) is 3. The van der Waals surface area contributed by atoms with E-state index in [2.05, 4.69) is 27.0 Å². The molecule has 0 amide bonds. The highest BCUT2D eigenvalue weighted by Crippen LogP contribution is 2.13. The van der Waals surface area contributed by atoms with Gasteiger partial charge in [0.05, 0.1) is 13.2 Å². The third kappa shape index (κ3) is 3.09. The maximum atomic E-state index is 5.36. The Morgan fingerprint density at radius 1 is 1.05 bits per heavy atom. The summed E-state index contributed by atoms with van der Waals surface area (Å²) in [5.74, 6) is 1.87. The molecular weight excluding hydrogens is 238 g/mol. The van der Waals surface area contributed by atoms with Crippen molar-refractivity contribution in [3.05, 3.63) is 54.0 Å². The second kappa shape index (κ2) is 5.80. The largest absolute Gasteiger partial charge is 0.378 e. The van der Waals surface area contributed by atoms with Crippen LogP contribution >= 0.6 is 0 Å². The molecule has 0 N–H and O–H groups in total. The van der Waals surface area contributed by atoms with Gasteiger partial charge >= 0.3 is 0 Å². The topological polar surface area (TPSA) is 38.2 Å². The highest BCUT2D eigenvalue weighted by Gasteiger charge is 2.12. The summed E-state index contributed by atoms with van der Waals surface area (Å²) in [6.07, 6.45) is 2.62. The Hall–Kier alpha value is -1.94. The normalized spacial score (nSPS) is 15.5. The molecule has 1 aromatic carbocycles. The monoisotopic (exact) mass is 255 g/mol. The smallest absolute Gasteiger partial charge is 0.135 e. The van der Waals surface area contributed by atoms with Crippen LogP contribution in [0.25, 0.3) is 0 Å². The number of anilines is 1. The Morgan fingerprint density at radius 3 is 2.63 bits per heavy atom. The van der Waals surface area contributed by atoms with Crippen molar-refractivity contribution in [3.8, 4) is 0 Å². The molecule has 0 spiro atoms. The first-order valence-corrected chi connectivity index (χ1v) is 6.60. The predicted octanol–water partition coefficient (Wildman–Crippen LogP) is 1.90. The fourth-order valence-corrected chi connectivity index (χ4v) is 2.22. The summed E-state index contributed by atoms with van der Waals surface area (Å²) in [6.45, 7) is 3.36. The molecule has 0 bridgehead atoms. The maximum Gasteiger partial charge on any atom is 0.135 e. The molecule has 4 nitrogen and oxygen atoms in total. The zero-order valence-electron chi connectivity index (χ0n) is 10.8. The van der Waals surface area contributed by atoms with E-state index in [4.69, 9.17) is 4.74 Å². The summed E-state index contributed by atoms with van der Waals surface area (Å²) >= 11 is 0. The van der Waals surface area contributed by atoms with Gasteiger partial charge in [-0.15, -0.1) is 0 Å².